The summed E-state index contributed by atoms with van der Waals surface area (Å²) in [5, 5.41) is 17.3. The van der Waals surface area contributed by atoms with Crippen LogP contribution >= 0.6 is 0 Å². The van der Waals surface area contributed by atoms with Crippen molar-refractivity contribution in [3.05, 3.63) is 125 Å². The molecule has 1 aromatic heterocycles. The zero-order chi connectivity index (χ0) is 32.0. The Kier molecular flexibility index (Phi) is 10.0. The van der Waals surface area contributed by atoms with E-state index in [0.29, 0.717) is 30.8 Å². The number of nitrogens with zero attached hydrogens (tertiary/aromatic N) is 2. The Hall–Kier alpha value is -4.41. The maximum atomic E-state index is 13.8. The fraction of sp³-hybridized carbons (Fsp3) is 0.343. The molecule has 3 aromatic carbocycles. The summed E-state index contributed by atoms with van der Waals surface area (Å²) >= 11 is 0. The number of likely N-dealkylation sites (tertiary alicyclic amines) is 1. The Balaban J connectivity index is 1.31. The average molecular weight is 617 g/mol. The molecule has 4 aromatic rings. The van der Waals surface area contributed by atoms with Crippen LogP contribution in [0.4, 0.5) is 8.78 Å². The predicted octanol–water partition coefficient (Wildman–Crippen LogP) is 5.56. The molecule has 2 heterocycles. The first kappa shape index (κ1) is 32.0. The fourth-order valence-electron chi connectivity index (χ4n) is 5.67. The molecule has 236 valence electrons. The van der Waals surface area contributed by atoms with Gasteiger partial charge in [0.2, 0.25) is 5.89 Å². The number of nitrogens with one attached hydrogen (secondary N) is 2. The Morgan fingerprint density at radius 2 is 1.76 bits per heavy atom. The van der Waals surface area contributed by atoms with Crippen molar-refractivity contribution in [2.75, 3.05) is 13.1 Å². The van der Waals surface area contributed by atoms with Gasteiger partial charge in [0.15, 0.2) is 0 Å². The van der Waals surface area contributed by atoms with Crippen LogP contribution in [-0.4, -0.2) is 52.0 Å². The molecule has 3 N–H and O–H groups in total. The third kappa shape index (κ3) is 8.01. The van der Waals surface area contributed by atoms with E-state index in [0.717, 1.165) is 24.6 Å². The summed E-state index contributed by atoms with van der Waals surface area (Å²) in [7, 11) is 0. The number of carbonyl (C=O) groups is 2. The minimum Gasteiger partial charge on any atom is -0.446 e. The van der Waals surface area contributed by atoms with E-state index in [9.17, 15) is 23.5 Å². The van der Waals surface area contributed by atoms with E-state index in [1.54, 1.807) is 47.6 Å². The zero-order valence-electron chi connectivity index (χ0n) is 25.4. The lowest BCUT2D eigenvalue weighted by Crippen LogP contribution is -2.49. The zero-order valence-corrected chi connectivity index (χ0v) is 25.4. The highest BCUT2D eigenvalue weighted by Crippen LogP contribution is 2.33. The van der Waals surface area contributed by atoms with Gasteiger partial charge in [0.25, 0.3) is 17.7 Å². The van der Waals surface area contributed by atoms with Gasteiger partial charge in [0.05, 0.1) is 29.0 Å². The number of carbonyl (C=O) groups excluding carboxylic acids is 2. The molecule has 0 radical (unpaired) electrons. The highest BCUT2D eigenvalue weighted by molar-refractivity contribution is 6.07. The summed E-state index contributed by atoms with van der Waals surface area (Å²) in [5.41, 5.74) is 2.66. The molecule has 3 atom stereocenters. The van der Waals surface area contributed by atoms with Crippen LogP contribution in [0.25, 0.3) is 0 Å². The molecule has 2 amide bonds. The molecule has 0 saturated carbocycles. The molecule has 45 heavy (non-hydrogen) atoms. The molecule has 5 rings (SSSR count). The van der Waals surface area contributed by atoms with Crippen molar-refractivity contribution in [1.29, 1.82) is 0 Å². The first-order valence-electron chi connectivity index (χ1n) is 15.1. The van der Waals surface area contributed by atoms with Gasteiger partial charge in [0.1, 0.15) is 12.3 Å². The minimum absolute atomic E-state index is 0.0828. The number of aliphatic hydroxyl groups is 1. The molecule has 1 fully saturated rings. The van der Waals surface area contributed by atoms with E-state index in [1.165, 1.54) is 12.1 Å². The van der Waals surface area contributed by atoms with E-state index < -0.39 is 24.0 Å². The molecule has 1 aliphatic heterocycles. The Labute approximate surface area is 261 Å². The van der Waals surface area contributed by atoms with Crippen LogP contribution in [0.3, 0.4) is 0 Å². The average Bonchev–Trinajstić information content (AvgIpc) is 3.70. The van der Waals surface area contributed by atoms with Gasteiger partial charge in [-0.3, -0.25) is 9.59 Å². The lowest BCUT2D eigenvalue weighted by molar-refractivity contribution is 0.0173. The third-order valence-electron chi connectivity index (χ3n) is 8.03. The van der Waals surface area contributed by atoms with Crippen molar-refractivity contribution >= 4 is 11.8 Å². The van der Waals surface area contributed by atoms with Crippen LogP contribution in [0.5, 0.6) is 0 Å². The van der Waals surface area contributed by atoms with Crippen molar-refractivity contribution in [3.63, 3.8) is 0 Å². The van der Waals surface area contributed by atoms with Crippen LogP contribution in [0.1, 0.15) is 74.8 Å². The van der Waals surface area contributed by atoms with Gasteiger partial charge in [-0.05, 0) is 55.5 Å². The van der Waals surface area contributed by atoms with Crippen LogP contribution in [-0.2, 0) is 18.9 Å². The number of aromatic nitrogens is 1. The number of hydrogen-bond donors (Lipinski definition) is 3. The normalized spacial score (nSPS) is 16.4. The number of rotatable bonds is 12. The number of amides is 2. The lowest BCUT2D eigenvalue weighted by Gasteiger charge is -2.26. The van der Waals surface area contributed by atoms with Crippen LogP contribution < -0.4 is 10.6 Å². The minimum atomic E-state index is -2.96. The standard InChI is InChI=1S/C35H38F2N4O4/c1-23-22-45-33(39-23)30-16-9-17-41(30)34(44)28-15-7-6-14-27(28)32(43)40-29(19-24-10-4-3-5-11-24)31(42)21-38-20-25-12-8-13-26(18-25)35(2,36)37/h3-8,10-15,18,22,29-31,38,42H,9,16-17,19-21H2,1-2H3,(H,40,43)/t29-,30+,31+/m0/s1. The van der Waals surface area contributed by atoms with Gasteiger partial charge in [0, 0.05) is 32.1 Å². The molecular formula is C35H38F2N4O4. The first-order valence-corrected chi connectivity index (χ1v) is 15.1. The molecule has 0 spiro atoms. The molecule has 1 aliphatic rings. The summed E-state index contributed by atoms with van der Waals surface area (Å²) < 4.78 is 33.2. The second-order valence-corrected chi connectivity index (χ2v) is 11.6. The third-order valence-corrected chi connectivity index (χ3v) is 8.03. The van der Waals surface area contributed by atoms with E-state index in [-0.39, 0.29) is 41.7 Å². The van der Waals surface area contributed by atoms with E-state index in [1.807, 2.05) is 37.3 Å². The van der Waals surface area contributed by atoms with Gasteiger partial charge >= 0.3 is 0 Å². The van der Waals surface area contributed by atoms with E-state index in [2.05, 4.69) is 15.6 Å². The molecule has 8 nitrogen and oxygen atoms in total. The molecule has 0 aliphatic carbocycles. The number of oxazole rings is 1. The van der Waals surface area contributed by atoms with E-state index >= 15 is 0 Å². The molecule has 0 unspecified atom stereocenters. The Bertz CT molecular complexity index is 1600. The van der Waals surface area contributed by atoms with Crippen molar-refractivity contribution in [2.24, 2.45) is 0 Å². The summed E-state index contributed by atoms with van der Waals surface area (Å²) in [6, 6.07) is 21.2. The topological polar surface area (TPSA) is 108 Å². The van der Waals surface area contributed by atoms with Crippen molar-refractivity contribution in [3.8, 4) is 0 Å². The fourth-order valence-corrected chi connectivity index (χ4v) is 5.67. The summed E-state index contributed by atoms with van der Waals surface area (Å²) in [6.45, 7) is 3.54. The maximum Gasteiger partial charge on any atom is 0.270 e. The summed E-state index contributed by atoms with van der Waals surface area (Å²) in [4.78, 5) is 33.7. The van der Waals surface area contributed by atoms with E-state index in [4.69, 9.17) is 4.42 Å². The number of halogens is 2. The van der Waals surface area contributed by atoms with Crippen LogP contribution in [0.2, 0.25) is 0 Å². The molecule has 1 saturated heterocycles. The Morgan fingerprint density at radius 3 is 2.47 bits per heavy atom. The maximum absolute atomic E-state index is 13.8. The number of benzene rings is 3. The molecular weight excluding hydrogens is 578 g/mol. The van der Waals surface area contributed by atoms with Gasteiger partial charge < -0.3 is 25.1 Å². The summed E-state index contributed by atoms with van der Waals surface area (Å²) in [6.07, 6.45) is 2.37. The van der Waals surface area contributed by atoms with Crippen molar-refractivity contribution in [1.82, 2.24) is 20.5 Å². The number of aryl methyl sites for hydroxylation is 1. The quantitative estimate of drug-likeness (QED) is 0.192. The van der Waals surface area contributed by atoms with Gasteiger partial charge in [-0.1, -0.05) is 60.7 Å². The molecule has 10 heteroatoms. The predicted molar refractivity (Wildman–Crippen MR) is 166 cm³/mol. The highest BCUT2D eigenvalue weighted by atomic mass is 19.3. The molecule has 0 bridgehead atoms. The van der Waals surface area contributed by atoms with Crippen molar-refractivity contribution < 1.29 is 27.9 Å². The van der Waals surface area contributed by atoms with Gasteiger partial charge in [-0.15, -0.1) is 0 Å². The van der Waals surface area contributed by atoms with Gasteiger partial charge in [-0.25, -0.2) is 13.8 Å². The van der Waals surface area contributed by atoms with Crippen molar-refractivity contribution in [2.45, 2.75) is 63.8 Å². The second kappa shape index (κ2) is 14.1. The first-order chi connectivity index (χ1) is 21.6. The number of aliphatic hydroxyl groups excluding tert-OH is 1. The van der Waals surface area contributed by atoms with Gasteiger partial charge in [-0.2, -0.15) is 0 Å². The monoisotopic (exact) mass is 616 g/mol. The van der Waals surface area contributed by atoms with Crippen LogP contribution in [0.15, 0.2) is 89.5 Å². The lowest BCUT2D eigenvalue weighted by atomic mass is 9.99. The second-order valence-electron chi connectivity index (χ2n) is 11.6. The van der Waals surface area contributed by atoms with Crippen LogP contribution in [0, 0.1) is 6.92 Å². The largest absolute Gasteiger partial charge is 0.446 e. The number of alkyl halides is 2. The number of hydrogen-bond acceptors (Lipinski definition) is 6. The smallest absolute Gasteiger partial charge is 0.270 e. The summed E-state index contributed by atoms with van der Waals surface area (Å²) in [5.74, 6) is -3.25. The Morgan fingerprint density at radius 1 is 1.04 bits per heavy atom. The highest BCUT2D eigenvalue weighted by Gasteiger charge is 2.35. The SMILES string of the molecule is Cc1coc([C@H]2CCCN2C(=O)c2ccccc2C(=O)N[C@@H](Cc2ccccc2)[C@H](O)CNCc2cccc(C(C)(F)F)c2)n1.